The Morgan fingerprint density at radius 3 is 3.00 bits per heavy atom. The number of nitrogens with zero attached hydrogens (tertiary/aromatic N) is 3. The summed E-state index contributed by atoms with van der Waals surface area (Å²) in [4.78, 5) is 26.3. The Morgan fingerprint density at radius 1 is 1.33 bits per heavy atom. The van der Waals surface area contributed by atoms with Crippen molar-refractivity contribution in [3.05, 3.63) is 54.1 Å². The molecule has 0 saturated heterocycles. The van der Waals surface area contributed by atoms with Gasteiger partial charge in [0.2, 0.25) is 0 Å². The van der Waals surface area contributed by atoms with Gasteiger partial charge in [-0.15, -0.1) is 0 Å². The minimum Gasteiger partial charge on any atom is -0.497 e. The number of nitrogens with one attached hydrogen (secondary N) is 2. The molecule has 2 N–H and O–H groups in total. The predicted octanol–water partition coefficient (Wildman–Crippen LogP) is 3.60. The van der Waals surface area contributed by atoms with Gasteiger partial charge in [0.25, 0.3) is 0 Å². The summed E-state index contributed by atoms with van der Waals surface area (Å²) in [6.07, 6.45) is 6.35. The van der Waals surface area contributed by atoms with Crippen LogP contribution in [-0.4, -0.2) is 46.1 Å². The SMILES string of the molecule is COc1cccc(NC(=O)N2CC=C(c3ncnc4[nH]cc(C)c34)CC2)c1. The summed E-state index contributed by atoms with van der Waals surface area (Å²) in [6, 6.07) is 7.22. The molecule has 3 aromatic rings. The van der Waals surface area contributed by atoms with Crippen LogP contribution in [0.5, 0.6) is 5.75 Å². The van der Waals surface area contributed by atoms with Gasteiger partial charge in [-0.05, 0) is 36.6 Å². The van der Waals surface area contributed by atoms with E-state index in [9.17, 15) is 4.79 Å². The number of ether oxygens (including phenoxy) is 1. The highest BCUT2D eigenvalue weighted by atomic mass is 16.5. The van der Waals surface area contributed by atoms with Crippen LogP contribution in [0.2, 0.25) is 0 Å². The van der Waals surface area contributed by atoms with Crippen LogP contribution in [0, 0.1) is 6.92 Å². The zero-order chi connectivity index (χ0) is 18.8. The van der Waals surface area contributed by atoms with Gasteiger partial charge in [0.1, 0.15) is 17.7 Å². The number of amides is 2. The third kappa shape index (κ3) is 3.36. The molecule has 1 aliphatic rings. The summed E-state index contributed by atoms with van der Waals surface area (Å²) in [6.45, 7) is 3.22. The standard InChI is InChI=1S/C20H21N5O2/c1-13-11-21-19-17(13)18(22-12-23-19)14-6-8-25(9-7-14)20(26)24-15-4-3-5-16(10-15)27-2/h3-6,10-12H,7-9H2,1-2H3,(H,24,26)(H,21,22,23). The molecule has 1 aliphatic heterocycles. The van der Waals surface area contributed by atoms with Crippen molar-refractivity contribution in [2.45, 2.75) is 13.3 Å². The van der Waals surface area contributed by atoms with E-state index in [0.29, 0.717) is 18.8 Å². The molecule has 0 unspecified atom stereocenters. The summed E-state index contributed by atoms with van der Waals surface area (Å²) in [5, 5.41) is 3.98. The fourth-order valence-electron chi connectivity index (χ4n) is 3.33. The Morgan fingerprint density at radius 2 is 2.22 bits per heavy atom. The number of carbonyl (C=O) groups is 1. The molecular weight excluding hydrogens is 342 g/mol. The smallest absolute Gasteiger partial charge is 0.322 e. The normalized spacial score (nSPS) is 14.1. The number of aromatic amines is 1. The molecule has 0 spiro atoms. The number of aromatic nitrogens is 3. The molecule has 0 radical (unpaired) electrons. The maximum Gasteiger partial charge on any atom is 0.322 e. The molecule has 0 bridgehead atoms. The molecular formula is C20H21N5O2. The van der Waals surface area contributed by atoms with Gasteiger partial charge in [-0.1, -0.05) is 12.1 Å². The second kappa shape index (κ2) is 7.11. The minimum atomic E-state index is -0.121. The Balaban J connectivity index is 1.49. The quantitative estimate of drug-likeness (QED) is 0.745. The Hall–Kier alpha value is -3.35. The van der Waals surface area contributed by atoms with Crippen molar-refractivity contribution in [1.29, 1.82) is 0 Å². The number of rotatable bonds is 3. The lowest BCUT2D eigenvalue weighted by Gasteiger charge is -2.26. The maximum absolute atomic E-state index is 12.5. The highest BCUT2D eigenvalue weighted by molar-refractivity contribution is 5.93. The number of benzene rings is 1. The number of aryl methyl sites for hydroxylation is 1. The van der Waals surface area contributed by atoms with Crippen LogP contribution in [0.1, 0.15) is 17.7 Å². The monoisotopic (exact) mass is 363 g/mol. The topological polar surface area (TPSA) is 83.1 Å². The zero-order valence-corrected chi connectivity index (χ0v) is 15.3. The molecule has 3 heterocycles. The predicted molar refractivity (Wildman–Crippen MR) is 105 cm³/mol. The third-order valence-electron chi connectivity index (χ3n) is 4.79. The van der Waals surface area contributed by atoms with Crippen LogP contribution in [0.4, 0.5) is 10.5 Å². The van der Waals surface area contributed by atoms with Crippen LogP contribution < -0.4 is 10.1 Å². The fraction of sp³-hybridized carbons (Fsp3) is 0.250. The number of methoxy groups -OCH3 is 1. The van der Waals surface area contributed by atoms with Gasteiger partial charge in [-0.25, -0.2) is 14.8 Å². The van der Waals surface area contributed by atoms with Gasteiger partial charge in [0.15, 0.2) is 0 Å². The van der Waals surface area contributed by atoms with Gasteiger partial charge < -0.3 is 19.9 Å². The average Bonchev–Trinajstić information content (AvgIpc) is 3.09. The summed E-state index contributed by atoms with van der Waals surface area (Å²) in [5.74, 6) is 0.711. The van der Waals surface area contributed by atoms with Crippen LogP contribution in [-0.2, 0) is 0 Å². The zero-order valence-electron chi connectivity index (χ0n) is 15.3. The number of hydrogen-bond acceptors (Lipinski definition) is 4. The number of carbonyl (C=O) groups excluding carboxylic acids is 1. The van der Waals surface area contributed by atoms with Crippen molar-refractivity contribution in [3.63, 3.8) is 0 Å². The van der Waals surface area contributed by atoms with Crippen LogP contribution in [0.25, 0.3) is 16.6 Å². The molecule has 2 amide bonds. The summed E-state index contributed by atoms with van der Waals surface area (Å²) < 4.78 is 5.19. The molecule has 2 aromatic heterocycles. The highest BCUT2D eigenvalue weighted by Crippen LogP contribution is 2.28. The Labute approximate surface area is 157 Å². The van der Waals surface area contributed by atoms with Gasteiger partial charge >= 0.3 is 6.03 Å². The fourth-order valence-corrected chi connectivity index (χ4v) is 3.33. The van der Waals surface area contributed by atoms with E-state index in [1.165, 1.54) is 0 Å². The van der Waals surface area contributed by atoms with E-state index in [0.717, 1.165) is 40.0 Å². The molecule has 0 atom stereocenters. The summed E-state index contributed by atoms with van der Waals surface area (Å²) in [5.41, 5.74) is 4.79. The number of fused-ring (bicyclic) bond motifs is 1. The van der Waals surface area contributed by atoms with Gasteiger partial charge in [-0.3, -0.25) is 0 Å². The molecule has 1 aromatic carbocycles. The Bertz CT molecular complexity index is 1020. The van der Waals surface area contributed by atoms with Crippen LogP contribution in [0.3, 0.4) is 0 Å². The second-order valence-electron chi connectivity index (χ2n) is 6.51. The minimum absolute atomic E-state index is 0.121. The molecule has 7 nitrogen and oxygen atoms in total. The van der Waals surface area contributed by atoms with Gasteiger partial charge in [0, 0.05) is 36.4 Å². The summed E-state index contributed by atoms with van der Waals surface area (Å²) in [7, 11) is 1.61. The average molecular weight is 363 g/mol. The van der Waals surface area contributed by atoms with E-state index in [1.807, 2.05) is 31.3 Å². The van der Waals surface area contributed by atoms with Crippen molar-refractivity contribution in [3.8, 4) is 5.75 Å². The first-order chi connectivity index (χ1) is 13.2. The molecule has 0 saturated carbocycles. The lowest BCUT2D eigenvalue weighted by molar-refractivity contribution is 0.217. The van der Waals surface area contributed by atoms with E-state index >= 15 is 0 Å². The van der Waals surface area contributed by atoms with Gasteiger partial charge in [-0.2, -0.15) is 0 Å². The molecule has 138 valence electrons. The first-order valence-electron chi connectivity index (χ1n) is 8.84. The number of urea groups is 1. The first-order valence-corrected chi connectivity index (χ1v) is 8.84. The lowest BCUT2D eigenvalue weighted by Crippen LogP contribution is -2.37. The number of H-pyrrole nitrogens is 1. The molecule has 0 fully saturated rings. The van der Waals surface area contributed by atoms with Crippen molar-refractivity contribution in [2.24, 2.45) is 0 Å². The number of hydrogen-bond donors (Lipinski definition) is 2. The largest absolute Gasteiger partial charge is 0.497 e. The van der Waals surface area contributed by atoms with E-state index in [1.54, 1.807) is 24.4 Å². The van der Waals surface area contributed by atoms with E-state index < -0.39 is 0 Å². The molecule has 4 rings (SSSR count). The van der Waals surface area contributed by atoms with Crippen LogP contribution in [0.15, 0.2) is 42.9 Å². The van der Waals surface area contributed by atoms with Crippen molar-refractivity contribution in [1.82, 2.24) is 19.9 Å². The van der Waals surface area contributed by atoms with Crippen molar-refractivity contribution in [2.75, 3.05) is 25.5 Å². The van der Waals surface area contributed by atoms with Gasteiger partial charge in [0.05, 0.1) is 12.8 Å². The summed E-state index contributed by atoms with van der Waals surface area (Å²) >= 11 is 0. The molecule has 27 heavy (non-hydrogen) atoms. The van der Waals surface area contributed by atoms with Crippen molar-refractivity contribution < 1.29 is 9.53 Å². The molecule has 7 heteroatoms. The van der Waals surface area contributed by atoms with Crippen molar-refractivity contribution >= 4 is 28.3 Å². The van der Waals surface area contributed by atoms with E-state index in [-0.39, 0.29) is 6.03 Å². The third-order valence-corrected chi connectivity index (χ3v) is 4.79. The van der Waals surface area contributed by atoms with E-state index in [2.05, 4.69) is 26.3 Å². The maximum atomic E-state index is 12.5. The second-order valence-corrected chi connectivity index (χ2v) is 6.51. The highest BCUT2D eigenvalue weighted by Gasteiger charge is 2.20. The van der Waals surface area contributed by atoms with Crippen LogP contribution >= 0.6 is 0 Å². The Kier molecular flexibility index (Phi) is 4.50. The first kappa shape index (κ1) is 17.1. The van der Waals surface area contributed by atoms with E-state index in [4.69, 9.17) is 4.74 Å². The molecule has 0 aliphatic carbocycles. The number of anilines is 1. The lowest BCUT2D eigenvalue weighted by atomic mass is 10.0.